The first-order chi connectivity index (χ1) is 13.5. The number of hydrogen-bond acceptors (Lipinski definition) is 5. The Kier molecular flexibility index (Phi) is 7.51. The molecule has 0 aliphatic rings. The molecule has 29 heavy (non-hydrogen) atoms. The summed E-state index contributed by atoms with van der Waals surface area (Å²) in [5.41, 5.74) is 1.44. The van der Waals surface area contributed by atoms with Crippen LogP contribution in [0.1, 0.15) is 22.8 Å². The van der Waals surface area contributed by atoms with Crippen LogP contribution in [0.4, 0.5) is 11.4 Å². The highest BCUT2D eigenvalue weighted by Crippen LogP contribution is 2.26. The summed E-state index contributed by atoms with van der Waals surface area (Å²) < 4.78 is 30.3. The molecule has 0 aliphatic carbocycles. The Labute approximate surface area is 179 Å². The minimum absolute atomic E-state index is 0.106. The van der Waals surface area contributed by atoms with Crippen LogP contribution in [0.2, 0.25) is 10.0 Å². The van der Waals surface area contributed by atoms with Crippen molar-refractivity contribution in [2.75, 3.05) is 29.0 Å². The van der Waals surface area contributed by atoms with Gasteiger partial charge in [0.15, 0.2) is 0 Å². The average Bonchev–Trinajstić information content (AvgIpc) is 2.59. The molecular formula is C19H20Cl2N2O5S. The molecule has 2 aromatic rings. The van der Waals surface area contributed by atoms with Crippen molar-refractivity contribution < 1.29 is 22.7 Å². The highest BCUT2D eigenvalue weighted by molar-refractivity contribution is 7.92. The summed E-state index contributed by atoms with van der Waals surface area (Å²) in [4.78, 5) is 24.3. The van der Waals surface area contributed by atoms with Crippen LogP contribution in [0.25, 0.3) is 0 Å². The van der Waals surface area contributed by atoms with Gasteiger partial charge in [-0.2, -0.15) is 0 Å². The molecule has 0 aromatic heterocycles. The molecule has 0 radical (unpaired) electrons. The molecule has 2 rings (SSSR count). The number of amides is 1. The van der Waals surface area contributed by atoms with Gasteiger partial charge in [-0.25, -0.2) is 13.2 Å². The number of ether oxygens (including phenoxy) is 1. The van der Waals surface area contributed by atoms with Crippen LogP contribution in [0.3, 0.4) is 0 Å². The van der Waals surface area contributed by atoms with Crippen LogP contribution in [0.5, 0.6) is 0 Å². The van der Waals surface area contributed by atoms with Gasteiger partial charge in [-0.05, 0) is 55.8 Å². The van der Waals surface area contributed by atoms with Gasteiger partial charge in [0.05, 0.1) is 29.1 Å². The summed E-state index contributed by atoms with van der Waals surface area (Å²) >= 11 is 12.0. The Hall–Kier alpha value is -2.29. The molecule has 0 saturated heterocycles. The van der Waals surface area contributed by atoms with Crippen molar-refractivity contribution in [1.29, 1.82) is 0 Å². The van der Waals surface area contributed by atoms with Gasteiger partial charge in [0, 0.05) is 10.7 Å². The third-order valence-corrected chi connectivity index (χ3v) is 5.54. The molecule has 2 aromatic carbocycles. The Bertz CT molecular complexity index is 1040. The highest BCUT2D eigenvalue weighted by atomic mass is 35.5. The molecule has 156 valence electrons. The van der Waals surface area contributed by atoms with E-state index < -0.39 is 28.4 Å². The molecule has 0 heterocycles. The van der Waals surface area contributed by atoms with Crippen LogP contribution in [-0.2, 0) is 19.6 Å². The Balaban J connectivity index is 2.21. The fraction of sp³-hybridized carbons (Fsp3) is 0.263. The number of rotatable bonds is 7. The van der Waals surface area contributed by atoms with Gasteiger partial charge in [0.2, 0.25) is 15.9 Å². The second-order valence-electron chi connectivity index (χ2n) is 6.16. The maximum absolute atomic E-state index is 12.5. The number of benzene rings is 2. The van der Waals surface area contributed by atoms with Gasteiger partial charge in [0.1, 0.15) is 6.54 Å². The second-order valence-corrected chi connectivity index (χ2v) is 8.91. The first-order valence-electron chi connectivity index (χ1n) is 8.53. The molecule has 1 amide bonds. The third kappa shape index (κ3) is 6.09. The van der Waals surface area contributed by atoms with Crippen LogP contribution in [0, 0.1) is 6.92 Å². The van der Waals surface area contributed by atoms with E-state index in [4.69, 9.17) is 27.9 Å². The smallest absolute Gasteiger partial charge is 0.339 e. The van der Waals surface area contributed by atoms with Crippen molar-refractivity contribution in [2.45, 2.75) is 13.8 Å². The van der Waals surface area contributed by atoms with Crippen molar-refractivity contribution in [3.8, 4) is 0 Å². The first kappa shape index (κ1) is 23.0. The fourth-order valence-corrected chi connectivity index (χ4v) is 3.98. The molecule has 0 atom stereocenters. The predicted octanol–water partition coefficient (Wildman–Crippen LogP) is 3.88. The van der Waals surface area contributed by atoms with Gasteiger partial charge in [-0.15, -0.1) is 0 Å². The van der Waals surface area contributed by atoms with Gasteiger partial charge in [-0.3, -0.25) is 9.10 Å². The van der Waals surface area contributed by atoms with Crippen LogP contribution in [0.15, 0.2) is 36.4 Å². The van der Waals surface area contributed by atoms with Crippen molar-refractivity contribution in [3.05, 3.63) is 57.6 Å². The topological polar surface area (TPSA) is 92.8 Å². The Morgan fingerprint density at radius 1 is 1.14 bits per heavy atom. The maximum atomic E-state index is 12.5. The van der Waals surface area contributed by atoms with Crippen molar-refractivity contribution in [1.82, 2.24) is 0 Å². The first-order valence-corrected chi connectivity index (χ1v) is 11.1. The Morgan fingerprint density at radius 3 is 2.38 bits per heavy atom. The van der Waals surface area contributed by atoms with Crippen molar-refractivity contribution in [3.63, 3.8) is 0 Å². The monoisotopic (exact) mass is 458 g/mol. The highest BCUT2D eigenvalue weighted by Gasteiger charge is 2.23. The number of halogens is 2. The second kappa shape index (κ2) is 9.47. The largest absolute Gasteiger partial charge is 0.462 e. The van der Waals surface area contributed by atoms with E-state index in [1.54, 1.807) is 26.0 Å². The summed E-state index contributed by atoms with van der Waals surface area (Å²) in [6.07, 6.45) is 1.01. The standard InChI is InChI=1S/C19H20Cl2N2O5S/c1-4-28-19(25)15-7-6-14(10-16(15)21)22-18(24)11-23(29(3,26)27)17-8-5-13(20)9-12(17)2/h5-10H,4,11H2,1-3H3,(H,22,24). The van der Waals surface area contributed by atoms with E-state index in [2.05, 4.69) is 5.32 Å². The number of nitrogens with zero attached hydrogens (tertiary/aromatic N) is 1. The van der Waals surface area contributed by atoms with Crippen LogP contribution in [-0.4, -0.2) is 39.7 Å². The number of nitrogens with one attached hydrogen (secondary N) is 1. The minimum atomic E-state index is -3.73. The van der Waals surface area contributed by atoms with Crippen LogP contribution < -0.4 is 9.62 Å². The minimum Gasteiger partial charge on any atom is -0.462 e. The number of sulfonamides is 1. The van der Waals surface area contributed by atoms with E-state index in [0.717, 1.165) is 10.6 Å². The lowest BCUT2D eigenvalue weighted by Crippen LogP contribution is -2.37. The zero-order valence-corrected chi connectivity index (χ0v) is 18.4. The molecule has 0 bridgehead atoms. The van der Waals surface area contributed by atoms with E-state index in [0.29, 0.717) is 22.0 Å². The fourth-order valence-electron chi connectivity index (χ4n) is 2.58. The summed E-state index contributed by atoms with van der Waals surface area (Å²) in [6, 6.07) is 9.00. The molecular weight excluding hydrogens is 439 g/mol. The Morgan fingerprint density at radius 2 is 1.83 bits per heavy atom. The molecule has 10 heteroatoms. The summed E-state index contributed by atoms with van der Waals surface area (Å²) in [6.45, 7) is 3.14. The molecule has 7 nitrogen and oxygen atoms in total. The number of esters is 1. The van der Waals surface area contributed by atoms with E-state index in [-0.39, 0.29) is 17.2 Å². The summed E-state index contributed by atoms with van der Waals surface area (Å²) in [7, 11) is -3.73. The quantitative estimate of drug-likeness (QED) is 0.635. The van der Waals surface area contributed by atoms with E-state index in [9.17, 15) is 18.0 Å². The van der Waals surface area contributed by atoms with E-state index in [1.165, 1.54) is 24.3 Å². The van der Waals surface area contributed by atoms with E-state index in [1.807, 2.05) is 0 Å². The van der Waals surface area contributed by atoms with Crippen LogP contribution >= 0.6 is 23.2 Å². The number of carbonyl (C=O) groups is 2. The van der Waals surface area contributed by atoms with Gasteiger partial charge < -0.3 is 10.1 Å². The normalized spacial score (nSPS) is 11.1. The molecule has 0 fully saturated rings. The van der Waals surface area contributed by atoms with Gasteiger partial charge in [0.25, 0.3) is 0 Å². The zero-order valence-electron chi connectivity index (χ0n) is 16.0. The zero-order chi connectivity index (χ0) is 21.8. The molecule has 0 unspecified atom stereocenters. The summed E-state index contributed by atoms with van der Waals surface area (Å²) in [5.74, 6) is -1.15. The van der Waals surface area contributed by atoms with Gasteiger partial charge in [-0.1, -0.05) is 23.2 Å². The average molecular weight is 459 g/mol. The number of hydrogen-bond donors (Lipinski definition) is 1. The third-order valence-electron chi connectivity index (χ3n) is 3.86. The molecule has 0 saturated carbocycles. The maximum Gasteiger partial charge on any atom is 0.339 e. The summed E-state index contributed by atoms with van der Waals surface area (Å²) in [5, 5.41) is 3.14. The molecule has 0 aliphatic heterocycles. The lowest BCUT2D eigenvalue weighted by Gasteiger charge is -2.23. The number of anilines is 2. The SMILES string of the molecule is CCOC(=O)c1ccc(NC(=O)CN(c2ccc(Cl)cc2C)S(C)(=O)=O)cc1Cl. The van der Waals surface area contributed by atoms with Crippen molar-refractivity contribution >= 4 is 56.5 Å². The number of carbonyl (C=O) groups excluding carboxylic acids is 2. The molecule has 1 N–H and O–H groups in total. The molecule has 0 spiro atoms. The lowest BCUT2D eigenvalue weighted by molar-refractivity contribution is -0.114. The van der Waals surface area contributed by atoms with Gasteiger partial charge >= 0.3 is 5.97 Å². The predicted molar refractivity (Wildman–Crippen MR) is 114 cm³/mol. The van der Waals surface area contributed by atoms with Crippen molar-refractivity contribution in [2.24, 2.45) is 0 Å². The number of aryl methyl sites for hydroxylation is 1. The van der Waals surface area contributed by atoms with E-state index >= 15 is 0 Å². The lowest BCUT2D eigenvalue weighted by atomic mass is 10.2.